The lowest BCUT2D eigenvalue weighted by Crippen LogP contribution is -2.37. The van der Waals surface area contributed by atoms with E-state index in [0.29, 0.717) is 6.54 Å². The molecule has 0 aromatic heterocycles. The molecule has 7 heteroatoms. The summed E-state index contributed by atoms with van der Waals surface area (Å²) in [6.07, 6.45) is 0. The summed E-state index contributed by atoms with van der Waals surface area (Å²) in [7, 11) is 0. The van der Waals surface area contributed by atoms with Gasteiger partial charge in [-0.15, -0.1) is 0 Å². The van der Waals surface area contributed by atoms with Gasteiger partial charge in [0.1, 0.15) is 6.61 Å². The van der Waals surface area contributed by atoms with Gasteiger partial charge in [0.15, 0.2) is 5.75 Å². The highest BCUT2D eigenvalue weighted by molar-refractivity contribution is 6.37. The lowest BCUT2D eigenvalue weighted by molar-refractivity contribution is -0.384. The molecule has 0 spiro atoms. The largest absolute Gasteiger partial charge is 0.486 e. The average Bonchev–Trinajstić information content (AvgIpc) is 2.34. The van der Waals surface area contributed by atoms with E-state index in [1.165, 1.54) is 12.1 Å². The first-order valence-electron chi connectivity index (χ1n) is 6.28. The number of nitrogens with zero attached hydrogens (tertiary/aromatic N) is 1. The van der Waals surface area contributed by atoms with Gasteiger partial charge >= 0.3 is 0 Å². The van der Waals surface area contributed by atoms with Crippen LogP contribution in [-0.4, -0.2) is 23.6 Å². The molecule has 1 N–H and O–H groups in total. The van der Waals surface area contributed by atoms with Gasteiger partial charge in [0, 0.05) is 24.2 Å². The molecule has 0 radical (unpaired) electrons. The van der Waals surface area contributed by atoms with Crippen molar-refractivity contribution in [2.75, 3.05) is 13.2 Å². The van der Waals surface area contributed by atoms with Crippen LogP contribution in [0.1, 0.15) is 20.8 Å². The Bertz CT molecular complexity index is 531. The Balaban J connectivity index is 2.68. The topological polar surface area (TPSA) is 64.4 Å². The predicted octanol–water partition coefficient (Wildman–Crippen LogP) is 4.22. The molecule has 1 aromatic rings. The van der Waals surface area contributed by atoms with Gasteiger partial charge in [0.25, 0.3) is 5.69 Å². The minimum absolute atomic E-state index is 0.0222. The Morgan fingerprint density at radius 3 is 2.33 bits per heavy atom. The lowest BCUT2D eigenvalue weighted by atomic mass is 10.1. The van der Waals surface area contributed by atoms with E-state index in [-0.39, 0.29) is 33.6 Å². The Morgan fingerprint density at radius 1 is 1.38 bits per heavy atom. The number of hydrogen-bond acceptors (Lipinski definition) is 4. The molecule has 0 saturated heterocycles. The summed E-state index contributed by atoms with van der Waals surface area (Å²) in [6.45, 7) is 10.8. The first-order chi connectivity index (χ1) is 9.60. The first-order valence-corrected chi connectivity index (χ1v) is 7.03. The Hall–Kier alpha value is -1.30. The van der Waals surface area contributed by atoms with Crippen LogP contribution in [0.2, 0.25) is 10.0 Å². The molecule has 1 rings (SSSR count). The first kappa shape index (κ1) is 17.8. The van der Waals surface area contributed by atoms with Crippen molar-refractivity contribution in [1.82, 2.24) is 5.32 Å². The number of benzene rings is 1. The highest BCUT2D eigenvalue weighted by Gasteiger charge is 2.16. The second-order valence-corrected chi connectivity index (χ2v) is 6.45. The van der Waals surface area contributed by atoms with Crippen LogP contribution in [0, 0.1) is 10.1 Å². The normalized spacial score (nSPS) is 11.3. The molecule has 0 bridgehead atoms. The maximum absolute atomic E-state index is 10.7. The summed E-state index contributed by atoms with van der Waals surface area (Å²) >= 11 is 11.9. The van der Waals surface area contributed by atoms with E-state index < -0.39 is 4.92 Å². The highest BCUT2D eigenvalue weighted by Crippen LogP contribution is 2.36. The molecule has 116 valence electrons. The van der Waals surface area contributed by atoms with Gasteiger partial charge in [-0.1, -0.05) is 29.8 Å². The smallest absolute Gasteiger partial charge is 0.272 e. The lowest BCUT2D eigenvalue weighted by Gasteiger charge is -2.21. The molecule has 21 heavy (non-hydrogen) atoms. The molecule has 0 unspecified atom stereocenters. The van der Waals surface area contributed by atoms with E-state index in [4.69, 9.17) is 27.9 Å². The zero-order chi connectivity index (χ0) is 16.2. The number of rotatable bonds is 6. The fraction of sp³-hybridized carbons (Fsp3) is 0.429. The quantitative estimate of drug-likeness (QED) is 0.481. The Kier molecular flexibility index (Phi) is 6.01. The Morgan fingerprint density at radius 2 is 1.90 bits per heavy atom. The van der Waals surface area contributed by atoms with Crippen LogP contribution >= 0.6 is 23.2 Å². The molecule has 0 heterocycles. The standard InChI is InChI=1S/C14H18Cl2N2O3/c1-9(7-17-14(2,3)4)8-21-13-11(15)5-10(18(19)20)6-12(13)16/h5-6,17H,1,7-8H2,2-4H3. The van der Waals surface area contributed by atoms with Crippen LogP contribution in [0.4, 0.5) is 5.69 Å². The maximum Gasteiger partial charge on any atom is 0.272 e. The molecule has 0 fully saturated rings. The van der Waals surface area contributed by atoms with Crippen molar-refractivity contribution in [2.24, 2.45) is 0 Å². The Labute approximate surface area is 134 Å². The van der Waals surface area contributed by atoms with Gasteiger partial charge in [-0.3, -0.25) is 10.1 Å². The van der Waals surface area contributed by atoms with E-state index >= 15 is 0 Å². The molecule has 0 aliphatic rings. The van der Waals surface area contributed by atoms with E-state index in [1.807, 2.05) is 20.8 Å². The van der Waals surface area contributed by atoms with Crippen LogP contribution in [0.15, 0.2) is 24.3 Å². The minimum atomic E-state index is -0.562. The number of ether oxygens (including phenoxy) is 1. The maximum atomic E-state index is 10.7. The fourth-order valence-corrected chi connectivity index (χ4v) is 1.99. The molecule has 0 saturated carbocycles. The summed E-state index contributed by atoms with van der Waals surface area (Å²) in [6, 6.07) is 2.41. The van der Waals surface area contributed by atoms with E-state index in [1.54, 1.807) is 0 Å². The highest BCUT2D eigenvalue weighted by atomic mass is 35.5. The summed E-state index contributed by atoms with van der Waals surface area (Å²) in [5, 5.41) is 14.2. The van der Waals surface area contributed by atoms with Crippen molar-refractivity contribution < 1.29 is 9.66 Å². The third-order valence-electron chi connectivity index (χ3n) is 2.48. The van der Waals surface area contributed by atoms with E-state index in [2.05, 4.69) is 11.9 Å². The predicted molar refractivity (Wildman–Crippen MR) is 85.5 cm³/mol. The monoisotopic (exact) mass is 332 g/mol. The number of nitro groups is 1. The molecular formula is C14H18Cl2N2O3. The summed E-state index contributed by atoms with van der Waals surface area (Å²) < 4.78 is 5.50. The van der Waals surface area contributed by atoms with E-state index in [0.717, 1.165) is 5.57 Å². The van der Waals surface area contributed by atoms with Crippen molar-refractivity contribution in [1.29, 1.82) is 0 Å². The second-order valence-electron chi connectivity index (χ2n) is 5.64. The molecule has 5 nitrogen and oxygen atoms in total. The van der Waals surface area contributed by atoms with Crippen molar-refractivity contribution in [3.05, 3.63) is 44.4 Å². The summed E-state index contributed by atoms with van der Waals surface area (Å²) in [5.74, 6) is 0.223. The molecule has 0 aliphatic heterocycles. The van der Waals surface area contributed by atoms with E-state index in [9.17, 15) is 10.1 Å². The molecule has 0 amide bonds. The zero-order valence-electron chi connectivity index (χ0n) is 12.2. The van der Waals surface area contributed by atoms with Crippen molar-refractivity contribution in [3.63, 3.8) is 0 Å². The van der Waals surface area contributed by atoms with Crippen LogP contribution in [-0.2, 0) is 0 Å². The number of hydrogen-bond donors (Lipinski definition) is 1. The second kappa shape index (κ2) is 7.11. The number of nitrogens with one attached hydrogen (secondary N) is 1. The SMILES string of the molecule is C=C(CNC(C)(C)C)COc1c(Cl)cc([N+](=O)[O-])cc1Cl. The van der Waals surface area contributed by atoms with Crippen LogP contribution in [0.25, 0.3) is 0 Å². The van der Waals surface area contributed by atoms with Gasteiger partial charge in [0.2, 0.25) is 0 Å². The van der Waals surface area contributed by atoms with Crippen molar-refractivity contribution in [3.8, 4) is 5.75 Å². The third-order valence-corrected chi connectivity index (χ3v) is 3.04. The minimum Gasteiger partial charge on any atom is -0.486 e. The van der Waals surface area contributed by atoms with Gasteiger partial charge in [-0.2, -0.15) is 0 Å². The van der Waals surface area contributed by atoms with Gasteiger partial charge < -0.3 is 10.1 Å². The van der Waals surface area contributed by atoms with Crippen LogP contribution in [0.5, 0.6) is 5.75 Å². The summed E-state index contributed by atoms with van der Waals surface area (Å²) in [4.78, 5) is 10.1. The fourth-order valence-electron chi connectivity index (χ4n) is 1.41. The molecular weight excluding hydrogens is 315 g/mol. The van der Waals surface area contributed by atoms with Crippen molar-refractivity contribution >= 4 is 28.9 Å². The van der Waals surface area contributed by atoms with Crippen LogP contribution < -0.4 is 10.1 Å². The average molecular weight is 333 g/mol. The number of non-ortho nitro benzene ring substituents is 1. The van der Waals surface area contributed by atoms with Crippen molar-refractivity contribution in [2.45, 2.75) is 26.3 Å². The number of nitro benzene ring substituents is 1. The van der Waals surface area contributed by atoms with Gasteiger partial charge in [-0.05, 0) is 26.3 Å². The zero-order valence-corrected chi connectivity index (χ0v) is 13.7. The molecule has 0 aliphatic carbocycles. The number of halogens is 2. The summed E-state index contributed by atoms with van der Waals surface area (Å²) in [5.41, 5.74) is 0.618. The van der Waals surface area contributed by atoms with Gasteiger partial charge in [0.05, 0.1) is 15.0 Å². The van der Waals surface area contributed by atoms with Gasteiger partial charge in [-0.25, -0.2) is 0 Å². The third kappa shape index (κ3) is 5.91. The molecule has 0 atom stereocenters. The van der Waals surface area contributed by atoms with Crippen LogP contribution in [0.3, 0.4) is 0 Å². The molecule has 1 aromatic carbocycles.